The Morgan fingerprint density at radius 2 is 1.62 bits per heavy atom. The summed E-state index contributed by atoms with van der Waals surface area (Å²) < 4.78 is 6.89. The Kier molecular flexibility index (Phi) is 9.51. The molecule has 5 nitrogen and oxygen atoms in total. The highest BCUT2D eigenvalue weighted by atomic mass is 127. The van der Waals surface area contributed by atoms with E-state index in [-0.39, 0.29) is 24.5 Å². The molecule has 0 radical (unpaired) electrons. The van der Waals surface area contributed by atoms with Crippen LogP contribution in [0.5, 0.6) is 5.75 Å². The predicted molar refractivity (Wildman–Crippen MR) is 144 cm³/mol. The molecule has 178 valence electrons. The number of halogens is 1. The van der Waals surface area contributed by atoms with E-state index in [1.54, 1.807) is 4.90 Å². The number of nitrogens with one attached hydrogen (secondary N) is 1. The first-order chi connectivity index (χ1) is 16.3. The van der Waals surface area contributed by atoms with Crippen molar-refractivity contribution in [3.63, 3.8) is 0 Å². The van der Waals surface area contributed by atoms with Crippen molar-refractivity contribution in [2.75, 3.05) is 6.61 Å². The van der Waals surface area contributed by atoms with Crippen molar-refractivity contribution >= 4 is 34.4 Å². The van der Waals surface area contributed by atoms with Crippen LogP contribution in [0.15, 0.2) is 78.9 Å². The van der Waals surface area contributed by atoms with Gasteiger partial charge in [0.05, 0.1) is 0 Å². The minimum Gasteiger partial charge on any atom is -0.484 e. The largest absolute Gasteiger partial charge is 0.484 e. The third-order valence-corrected chi connectivity index (χ3v) is 6.03. The van der Waals surface area contributed by atoms with Gasteiger partial charge in [-0.15, -0.1) is 0 Å². The summed E-state index contributed by atoms with van der Waals surface area (Å²) in [5.74, 6) is 0.213. The molecule has 0 aliphatic rings. The Hall–Kier alpha value is -2.87. The molecule has 0 heterocycles. The number of amides is 2. The van der Waals surface area contributed by atoms with Gasteiger partial charge in [0, 0.05) is 22.6 Å². The van der Waals surface area contributed by atoms with Gasteiger partial charge in [-0.1, -0.05) is 60.2 Å². The first-order valence-corrected chi connectivity index (χ1v) is 12.5. The summed E-state index contributed by atoms with van der Waals surface area (Å²) in [6.07, 6.45) is 0.417. The van der Waals surface area contributed by atoms with Gasteiger partial charge in [-0.3, -0.25) is 9.59 Å². The number of ether oxygens (including phenoxy) is 1. The van der Waals surface area contributed by atoms with Gasteiger partial charge in [0.15, 0.2) is 6.61 Å². The minimum atomic E-state index is -0.668. The van der Waals surface area contributed by atoms with Crippen LogP contribution < -0.4 is 10.1 Å². The van der Waals surface area contributed by atoms with E-state index in [9.17, 15) is 9.59 Å². The molecule has 3 rings (SSSR count). The van der Waals surface area contributed by atoms with Crippen molar-refractivity contribution in [3.05, 3.63) is 99.1 Å². The van der Waals surface area contributed by atoms with Gasteiger partial charge in [0.2, 0.25) is 5.91 Å². The maximum atomic E-state index is 13.5. The number of nitrogens with zero attached hydrogens (tertiary/aromatic N) is 1. The molecular formula is C28H31IN2O3. The van der Waals surface area contributed by atoms with E-state index < -0.39 is 6.04 Å². The summed E-state index contributed by atoms with van der Waals surface area (Å²) in [6, 6.07) is 24.6. The van der Waals surface area contributed by atoms with Gasteiger partial charge >= 0.3 is 0 Å². The molecule has 3 aromatic carbocycles. The summed E-state index contributed by atoms with van der Waals surface area (Å²) >= 11 is 2.22. The summed E-state index contributed by atoms with van der Waals surface area (Å²) in [5.41, 5.74) is 3.07. The molecule has 0 saturated carbocycles. The van der Waals surface area contributed by atoms with Crippen molar-refractivity contribution in [1.82, 2.24) is 10.2 Å². The van der Waals surface area contributed by atoms with Crippen LogP contribution in [-0.4, -0.2) is 35.4 Å². The summed E-state index contributed by atoms with van der Waals surface area (Å²) in [7, 11) is 0. The Bertz CT molecular complexity index is 1080. The molecule has 0 aliphatic heterocycles. The molecule has 1 N–H and O–H groups in total. The number of hydrogen-bond acceptors (Lipinski definition) is 3. The van der Waals surface area contributed by atoms with Crippen LogP contribution in [0.3, 0.4) is 0 Å². The Morgan fingerprint density at radius 1 is 0.941 bits per heavy atom. The van der Waals surface area contributed by atoms with Crippen molar-refractivity contribution in [2.24, 2.45) is 0 Å². The number of carbonyl (C=O) groups is 2. The topological polar surface area (TPSA) is 58.6 Å². The van der Waals surface area contributed by atoms with Crippen molar-refractivity contribution in [3.8, 4) is 5.75 Å². The molecule has 0 spiro atoms. The molecule has 2 amide bonds. The zero-order valence-electron chi connectivity index (χ0n) is 19.8. The molecular weight excluding hydrogens is 539 g/mol. The Labute approximate surface area is 215 Å². The average molecular weight is 570 g/mol. The van der Waals surface area contributed by atoms with Gasteiger partial charge in [-0.25, -0.2) is 0 Å². The molecule has 34 heavy (non-hydrogen) atoms. The second-order valence-electron chi connectivity index (χ2n) is 8.62. The maximum absolute atomic E-state index is 13.5. The first-order valence-electron chi connectivity index (χ1n) is 11.4. The quantitative estimate of drug-likeness (QED) is 0.344. The third-order valence-electron chi connectivity index (χ3n) is 5.31. The third kappa shape index (κ3) is 7.87. The van der Waals surface area contributed by atoms with Gasteiger partial charge < -0.3 is 15.0 Å². The molecule has 0 aromatic heterocycles. The minimum absolute atomic E-state index is 0.0373. The van der Waals surface area contributed by atoms with Crippen LogP contribution >= 0.6 is 22.6 Å². The molecule has 6 heteroatoms. The van der Waals surface area contributed by atoms with Gasteiger partial charge in [0.1, 0.15) is 11.8 Å². The Morgan fingerprint density at radius 3 is 2.26 bits per heavy atom. The van der Waals surface area contributed by atoms with E-state index in [0.717, 1.165) is 20.3 Å². The highest BCUT2D eigenvalue weighted by Crippen LogP contribution is 2.18. The van der Waals surface area contributed by atoms with Crippen molar-refractivity contribution in [1.29, 1.82) is 0 Å². The smallest absolute Gasteiger partial charge is 0.261 e. The SMILES string of the molecule is Cc1cccc(CN(C(=O)COc2ccc(I)cc2)[C@H](Cc2ccccc2)C(=O)NC(C)C)c1. The van der Waals surface area contributed by atoms with Crippen LogP contribution in [0.2, 0.25) is 0 Å². The lowest BCUT2D eigenvalue weighted by molar-refractivity contribution is -0.143. The van der Waals surface area contributed by atoms with Crippen molar-refractivity contribution < 1.29 is 14.3 Å². The molecule has 0 saturated heterocycles. The van der Waals surface area contributed by atoms with Crippen LogP contribution in [-0.2, 0) is 22.6 Å². The molecule has 0 fully saturated rings. The highest BCUT2D eigenvalue weighted by molar-refractivity contribution is 14.1. The second kappa shape index (κ2) is 12.6. The zero-order valence-corrected chi connectivity index (χ0v) is 22.0. The number of aryl methyl sites for hydroxylation is 1. The molecule has 3 aromatic rings. The van der Waals surface area contributed by atoms with Crippen LogP contribution in [0.1, 0.15) is 30.5 Å². The highest BCUT2D eigenvalue weighted by Gasteiger charge is 2.31. The normalized spacial score (nSPS) is 11.7. The summed E-state index contributed by atoms with van der Waals surface area (Å²) in [5, 5.41) is 3.00. The van der Waals surface area contributed by atoms with Crippen molar-refractivity contribution in [2.45, 2.75) is 45.8 Å². The molecule has 0 unspecified atom stereocenters. The second-order valence-corrected chi connectivity index (χ2v) is 9.87. The summed E-state index contributed by atoms with van der Waals surface area (Å²) in [4.78, 5) is 28.5. The first kappa shape index (κ1) is 25.7. The van der Waals surface area contributed by atoms with E-state index in [1.807, 2.05) is 99.6 Å². The standard InChI is InChI=1S/C28H31IN2O3/c1-20(2)30-28(33)26(17-22-9-5-4-6-10-22)31(18-23-11-7-8-21(3)16-23)27(32)19-34-25-14-12-24(29)13-15-25/h4-16,20,26H,17-19H2,1-3H3,(H,30,33)/t26-/m1/s1. The lowest BCUT2D eigenvalue weighted by Gasteiger charge is -2.32. The van der Waals surface area contributed by atoms with Gasteiger partial charge in [0.25, 0.3) is 5.91 Å². The van der Waals surface area contributed by atoms with E-state index in [2.05, 4.69) is 27.9 Å². The van der Waals surface area contributed by atoms with E-state index in [4.69, 9.17) is 4.74 Å². The average Bonchev–Trinajstić information content (AvgIpc) is 2.81. The van der Waals surface area contributed by atoms with Crippen LogP contribution in [0, 0.1) is 10.5 Å². The van der Waals surface area contributed by atoms with E-state index in [0.29, 0.717) is 18.7 Å². The van der Waals surface area contributed by atoms with Gasteiger partial charge in [-0.05, 0) is 78.8 Å². The van der Waals surface area contributed by atoms with Crippen LogP contribution in [0.4, 0.5) is 0 Å². The van der Waals surface area contributed by atoms with Gasteiger partial charge in [-0.2, -0.15) is 0 Å². The fourth-order valence-corrected chi connectivity index (χ4v) is 4.06. The van der Waals surface area contributed by atoms with E-state index >= 15 is 0 Å². The predicted octanol–water partition coefficient (Wildman–Crippen LogP) is 5.14. The number of carbonyl (C=O) groups excluding carboxylic acids is 2. The number of rotatable bonds is 10. The number of benzene rings is 3. The molecule has 1 atom stereocenters. The molecule has 0 aliphatic carbocycles. The molecule has 0 bridgehead atoms. The van der Waals surface area contributed by atoms with Crippen LogP contribution in [0.25, 0.3) is 0 Å². The summed E-state index contributed by atoms with van der Waals surface area (Å²) in [6.45, 7) is 6.03. The lowest BCUT2D eigenvalue weighted by atomic mass is 10.0. The number of hydrogen-bond donors (Lipinski definition) is 1. The zero-order chi connectivity index (χ0) is 24.5. The fourth-order valence-electron chi connectivity index (χ4n) is 3.70. The monoisotopic (exact) mass is 570 g/mol. The lowest BCUT2D eigenvalue weighted by Crippen LogP contribution is -2.52. The Balaban J connectivity index is 1.90. The maximum Gasteiger partial charge on any atom is 0.261 e. The van der Waals surface area contributed by atoms with E-state index in [1.165, 1.54) is 0 Å². The fraction of sp³-hybridized carbons (Fsp3) is 0.286.